The molecule has 1 aromatic rings. The van der Waals surface area contributed by atoms with Crippen molar-refractivity contribution in [2.45, 2.75) is 26.4 Å². The first-order chi connectivity index (χ1) is 9.69. The molecule has 3 heteroatoms. The lowest BCUT2D eigenvalue weighted by molar-refractivity contribution is 0.104. The molecule has 1 saturated heterocycles. The molecule has 20 heavy (non-hydrogen) atoms. The normalized spacial score (nSPS) is 17.0. The molecule has 0 atom stereocenters. The summed E-state index contributed by atoms with van der Waals surface area (Å²) in [6.45, 7) is 10.00. The highest BCUT2D eigenvalue weighted by atomic mass is 16.2. The predicted molar refractivity (Wildman–Crippen MR) is 82.4 cm³/mol. The van der Waals surface area contributed by atoms with E-state index in [0.29, 0.717) is 6.04 Å². The fraction of sp³-hybridized carbons (Fsp3) is 0.529. The molecule has 1 N–H and O–H groups in total. The minimum Gasteiger partial charge on any atom is -0.384 e. The van der Waals surface area contributed by atoms with E-state index in [4.69, 9.17) is 5.11 Å². The van der Waals surface area contributed by atoms with E-state index in [-0.39, 0.29) is 6.61 Å². The van der Waals surface area contributed by atoms with E-state index >= 15 is 0 Å². The van der Waals surface area contributed by atoms with E-state index in [1.54, 1.807) is 0 Å². The summed E-state index contributed by atoms with van der Waals surface area (Å²) in [5, 5.41) is 8.74. The molecular weight excluding hydrogens is 248 g/mol. The Morgan fingerprint density at radius 3 is 2.60 bits per heavy atom. The van der Waals surface area contributed by atoms with Crippen molar-refractivity contribution in [3.8, 4) is 11.8 Å². The zero-order valence-electron chi connectivity index (χ0n) is 12.5. The fourth-order valence-corrected chi connectivity index (χ4v) is 2.59. The van der Waals surface area contributed by atoms with Gasteiger partial charge in [0.25, 0.3) is 0 Å². The van der Waals surface area contributed by atoms with E-state index in [1.165, 1.54) is 5.56 Å². The molecule has 0 bridgehead atoms. The van der Waals surface area contributed by atoms with Gasteiger partial charge in [0.05, 0.1) is 0 Å². The highest BCUT2D eigenvalue weighted by molar-refractivity contribution is 5.37. The van der Waals surface area contributed by atoms with Crippen LogP contribution in [0.15, 0.2) is 24.3 Å². The second-order valence-electron chi connectivity index (χ2n) is 5.57. The molecule has 1 aliphatic heterocycles. The standard InChI is InChI=1S/C17H24N2O/c1-15(2)19-10-8-18(9-11-19)14-17-6-3-5-16(13-17)7-4-12-20/h3,5-6,13,15,20H,8-12,14H2,1-2H3. The van der Waals surface area contributed by atoms with Crippen LogP contribution in [-0.4, -0.2) is 53.7 Å². The summed E-state index contributed by atoms with van der Waals surface area (Å²) in [5.41, 5.74) is 2.28. The Balaban J connectivity index is 1.91. The predicted octanol–water partition coefficient (Wildman–Crippen LogP) is 1.56. The van der Waals surface area contributed by atoms with Gasteiger partial charge in [-0.1, -0.05) is 24.0 Å². The third-order valence-corrected chi connectivity index (χ3v) is 3.78. The van der Waals surface area contributed by atoms with Crippen LogP contribution in [0.5, 0.6) is 0 Å². The van der Waals surface area contributed by atoms with Gasteiger partial charge in [-0.15, -0.1) is 0 Å². The van der Waals surface area contributed by atoms with Gasteiger partial charge in [-0.25, -0.2) is 0 Å². The van der Waals surface area contributed by atoms with E-state index in [1.807, 2.05) is 12.1 Å². The van der Waals surface area contributed by atoms with Crippen LogP contribution in [-0.2, 0) is 6.54 Å². The van der Waals surface area contributed by atoms with Crippen LogP contribution >= 0.6 is 0 Å². The highest BCUT2D eigenvalue weighted by Gasteiger charge is 2.18. The second kappa shape index (κ2) is 7.44. The van der Waals surface area contributed by atoms with Gasteiger partial charge in [-0.3, -0.25) is 9.80 Å². The molecule has 1 aromatic carbocycles. The first kappa shape index (κ1) is 15.1. The number of nitrogens with zero attached hydrogens (tertiary/aromatic N) is 2. The fourth-order valence-electron chi connectivity index (χ4n) is 2.59. The number of hydrogen-bond donors (Lipinski definition) is 1. The van der Waals surface area contributed by atoms with E-state index in [0.717, 1.165) is 38.3 Å². The van der Waals surface area contributed by atoms with Crippen molar-refractivity contribution in [2.24, 2.45) is 0 Å². The molecule has 0 aliphatic carbocycles. The van der Waals surface area contributed by atoms with Gasteiger partial charge in [-0.05, 0) is 31.5 Å². The number of rotatable bonds is 3. The monoisotopic (exact) mass is 272 g/mol. The van der Waals surface area contributed by atoms with Crippen molar-refractivity contribution in [3.63, 3.8) is 0 Å². The number of aliphatic hydroxyl groups excluding tert-OH is 1. The van der Waals surface area contributed by atoms with E-state index < -0.39 is 0 Å². The Morgan fingerprint density at radius 1 is 1.20 bits per heavy atom. The van der Waals surface area contributed by atoms with Crippen LogP contribution in [0, 0.1) is 11.8 Å². The maximum Gasteiger partial charge on any atom is 0.104 e. The lowest BCUT2D eigenvalue weighted by Gasteiger charge is -2.36. The van der Waals surface area contributed by atoms with Crippen LogP contribution in [0.2, 0.25) is 0 Å². The van der Waals surface area contributed by atoms with Crippen molar-refractivity contribution in [1.82, 2.24) is 9.80 Å². The molecule has 0 saturated carbocycles. The van der Waals surface area contributed by atoms with Crippen LogP contribution in [0.4, 0.5) is 0 Å². The van der Waals surface area contributed by atoms with Crippen LogP contribution in [0.25, 0.3) is 0 Å². The Labute approximate surface area is 122 Å². The largest absolute Gasteiger partial charge is 0.384 e. The molecule has 0 spiro atoms. The maximum atomic E-state index is 8.74. The average Bonchev–Trinajstić information content (AvgIpc) is 2.46. The van der Waals surface area contributed by atoms with Gasteiger partial charge < -0.3 is 5.11 Å². The topological polar surface area (TPSA) is 26.7 Å². The van der Waals surface area contributed by atoms with Crippen molar-refractivity contribution < 1.29 is 5.11 Å². The Kier molecular flexibility index (Phi) is 5.60. The summed E-state index contributed by atoms with van der Waals surface area (Å²) >= 11 is 0. The SMILES string of the molecule is CC(C)N1CCN(Cc2cccc(C#CCO)c2)CC1. The van der Waals surface area contributed by atoms with Crippen LogP contribution < -0.4 is 0 Å². The summed E-state index contributed by atoms with van der Waals surface area (Å²) < 4.78 is 0. The Hall–Kier alpha value is -1.34. The molecule has 0 amide bonds. The smallest absolute Gasteiger partial charge is 0.104 e. The molecule has 1 fully saturated rings. The molecule has 1 aliphatic rings. The highest BCUT2D eigenvalue weighted by Crippen LogP contribution is 2.11. The quantitative estimate of drug-likeness (QED) is 0.846. The first-order valence-electron chi connectivity index (χ1n) is 7.34. The summed E-state index contributed by atoms with van der Waals surface area (Å²) in [6.07, 6.45) is 0. The van der Waals surface area contributed by atoms with E-state index in [9.17, 15) is 0 Å². The van der Waals surface area contributed by atoms with Gasteiger partial charge in [0.15, 0.2) is 0 Å². The number of hydrogen-bond acceptors (Lipinski definition) is 3. The summed E-state index contributed by atoms with van der Waals surface area (Å²) in [7, 11) is 0. The lowest BCUT2D eigenvalue weighted by atomic mass is 10.1. The van der Waals surface area contributed by atoms with Gasteiger partial charge in [-0.2, -0.15) is 0 Å². The Morgan fingerprint density at radius 2 is 1.95 bits per heavy atom. The molecular formula is C17H24N2O. The van der Waals surface area contributed by atoms with Gasteiger partial charge in [0, 0.05) is 44.3 Å². The van der Waals surface area contributed by atoms with Gasteiger partial charge in [0.2, 0.25) is 0 Å². The number of benzene rings is 1. The molecule has 0 unspecified atom stereocenters. The van der Waals surface area contributed by atoms with E-state index in [2.05, 4.69) is 47.6 Å². The molecule has 3 nitrogen and oxygen atoms in total. The van der Waals surface area contributed by atoms with Crippen LogP contribution in [0.3, 0.4) is 0 Å². The van der Waals surface area contributed by atoms with Crippen molar-refractivity contribution >= 4 is 0 Å². The van der Waals surface area contributed by atoms with Gasteiger partial charge in [0.1, 0.15) is 6.61 Å². The lowest BCUT2D eigenvalue weighted by Crippen LogP contribution is -2.48. The molecule has 0 aromatic heterocycles. The third-order valence-electron chi connectivity index (χ3n) is 3.78. The maximum absolute atomic E-state index is 8.74. The minimum absolute atomic E-state index is 0.0820. The molecule has 1 heterocycles. The van der Waals surface area contributed by atoms with Crippen molar-refractivity contribution in [1.29, 1.82) is 0 Å². The summed E-state index contributed by atoms with van der Waals surface area (Å²) in [5.74, 6) is 5.67. The zero-order chi connectivity index (χ0) is 14.4. The third kappa shape index (κ3) is 4.35. The number of aliphatic hydroxyl groups is 1. The Bertz CT molecular complexity index is 479. The molecule has 0 radical (unpaired) electrons. The molecule has 108 valence electrons. The first-order valence-corrected chi connectivity index (χ1v) is 7.34. The summed E-state index contributed by atoms with van der Waals surface area (Å²) in [6, 6.07) is 8.95. The zero-order valence-corrected chi connectivity index (χ0v) is 12.5. The molecule has 2 rings (SSSR count). The van der Waals surface area contributed by atoms with Crippen molar-refractivity contribution in [3.05, 3.63) is 35.4 Å². The summed E-state index contributed by atoms with van der Waals surface area (Å²) in [4.78, 5) is 5.02. The van der Waals surface area contributed by atoms with Crippen molar-refractivity contribution in [2.75, 3.05) is 32.8 Å². The average molecular weight is 272 g/mol. The van der Waals surface area contributed by atoms with Crippen LogP contribution in [0.1, 0.15) is 25.0 Å². The minimum atomic E-state index is -0.0820. The second-order valence-corrected chi connectivity index (χ2v) is 5.57. The van der Waals surface area contributed by atoms with Gasteiger partial charge >= 0.3 is 0 Å². The number of piperazine rings is 1.